The van der Waals surface area contributed by atoms with Gasteiger partial charge >= 0.3 is 0 Å². The third kappa shape index (κ3) is 1.75. The van der Waals surface area contributed by atoms with Crippen LogP contribution in [0.1, 0.15) is 46.5 Å². The summed E-state index contributed by atoms with van der Waals surface area (Å²) >= 11 is 0. The lowest BCUT2D eigenvalue weighted by atomic mass is 9.92. The molecule has 0 bridgehead atoms. The number of aliphatic hydroxyl groups is 1. The van der Waals surface area contributed by atoms with Crippen LogP contribution in [0.5, 0.6) is 0 Å². The summed E-state index contributed by atoms with van der Waals surface area (Å²) < 4.78 is 5.63. The van der Waals surface area contributed by atoms with E-state index >= 15 is 0 Å². The van der Waals surface area contributed by atoms with Gasteiger partial charge in [-0.3, -0.25) is 4.90 Å². The van der Waals surface area contributed by atoms with Crippen LogP contribution in [0.25, 0.3) is 0 Å². The van der Waals surface area contributed by atoms with Crippen molar-refractivity contribution in [3.8, 4) is 0 Å². The average Bonchev–Trinajstić information content (AvgIpc) is 3.15. The minimum Gasteiger partial charge on any atom is -0.381 e. The molecule has 3 heteroatoms. The molecule has 1 saturated heterocycles. The van der Waals surface area contributed by atoms with Crippen LogP contribution in [0, 0.1) is 16.7 Å². The maximum Gasteiger partial charge on any atom is 0.108 e. The zero-order valence-electron chi connectivity index (χ0n) is 12.0. The molecule has 2 saturated carbocycles. The number of ether oxygens (including phenoxy) is 1. The molecule has 2 aliphatic carbocycles. The van der Waals surface area contributed by atoms with Gasteiger partial charge in [0.25, 0.3) is 0 Å². The van der Waals surface area contributed by atoms with E-state index in [-0.39, 0.29) is 11.6 Å². The topological polar surface area (TPSA) is 32.7 Å². The highest BCUT2D eigenvalue weighted by Gasteiger charge is 2.73. The molecule has 0 aromatic rings. The van der Waals surface area contributed by atoms with Crippen molar-refractivity contribution >= 4 is 0 Å². The molecular weight excluding hydrogens is 226 g/mol. The molecule has 3 fully saturated rings. The summed E-state index contributed by atoms with van der Waals surface area (Å²) in [6, 6.07) is 0.652. The fourth-order valence-electron chi connectivity index (χ4n) is 4.22. The van der Waals surface area contributed by atoms with E-state index in [4.69, 9.17) is 4.74 Å². The molecule has 18 heavy (non-hydrogen) atoms. The lowest BCUT2D eigenvalue weighted by Gasteiger charge is -2.31. The molecule has 3 rings (SSSR count). The molecule has 1 heterocycles. The second kappa shape index (κ2) is 4.19. The van der Waals surface area contributed by atoms with Gasteiger partial charge in [0, 0.05) is 18.0 Å². The van der Waals surface area contributed by atoms with Crippen molar-refractivity contribution in [2.24, 2.45) is 16.7 Å². The molecule has 0 aromatic heterocycles. The number of hydrogen-bond donors (Lipinski definition) is 1. The first-order valence-electron chi connectivity index (χ1n) is 7.54. The normalized spacial score (nSPS) is 38.8. The molecule has 3 nitrogen and oxygen atoms in total. The van der Waals surface area contributed by atoms with Crippen molar-refractivity contribution in [3.63, 3.8) is 0 Å². The first-order valence-corrected chi connectivity index (χ1v) is 7.54. The van der Waals surface area contributed by atoms with Crippen molar-refractivity contribution in [2.45, 2.75) is 58.7 Å². The zero-order chi connectivity index (χ0) is 13.0. The molecular formula is C15H27NO2. The summed E-state index contributed by atoms with van der Waals surface area (Å²) in [6.07, 6.45) is 4.31. The van der Waals surface area contributed by atoms with Crippen LogP contribution in [-0.4, -0.2) is 42.0 Å². The summed E-state index contributed by atoms with van der Waals surface area (Å²) in [5.74, 6) is 0.669. The third-order valence-corrected chi connectivity index (χ3v) is 5.81. The second-order valence-corrected chi connectivity index (χ2v) is 7.10. The standard InChI is InChI=1S/C15H27NO2/c1-4-7-16(11-5-6-11)13(17)8-15-10-18-9-12(15)14(15,2)3/h11-13,17H,4-10H2,1-3H3. The van der Waals surface area contributed by atoms with E-state index in [1.165, 1.54) is 12.8 Å². The average molecular weight is 253 g/mol. The van der Waals surface area contributed by atoms with Crippen molar-refractivity contribution in [1.82, 2.24) is 4.90 Å². The Bertz CT molecular complexity index is 326. The Labute approximate surface area is 110 Å². The van der Waals surface area contributed by atoms with Gasteiger partial charge in [0.15, 0.2) is 0 Å². The molecule has 3 aliphatic rings. The highest BCUT2D eigenvalue weighted by Crippen LogP contribution is 2.73. The third-order valence-electron chi connectivity index (χ3n) is 5.81. The molecule has 3 unspecified atom stereocenters. The van der Waals surface area contributed by atoms with Crippen LogP contribution in [0.15, 0.2) is 0 Å². The second-order valence-electron chi connectivity index (χ2n) is 7.10. The van der Waals surface area contributed by atoms with Gasteiger partial charge in [0.2, 0.25) is 0 Å². The molecule has 0 spiro atoms. The van der Waals surface area contributed by atoms with Gasteiger partial charge in [-0.1, -0.05) is 20.8 Å². The van der Waals surface area contributed by atoms with E-state index in [1.54, 1.807) is 0 Å². The number of hydrogen-bond acceptors (Lipinski definition) is 3. The van der Waals surface area contributed by atoms with Gasteiger partial charge in [-0.15, -0.1) is 0 Å². The molecule has 1 aliphatic heterocycles. The zero-order valence-corrected chi connectivity index (χ0v) is 12.0. The summed E-state index contributed by atoms with van der Waals surface area (Å²) in [5.41, 5.74) is 0.626. The Kier molecular flexibility index (Phi) is 3.00. The molecule has 0 aromatic carbocycles. The largest absolute Gasteiger partial charge is 0.381 e. The SMILES string of the molecule is CCCN(C(O)CC12COCC1C2(C)C)C1CC1. The number of fused-ring (bicyclic) bond motifs is 1. The van der Waals surface area contributed by atoms with Crippen molar-refractivity contribution < 1.29 is 9.84 Å². The van der Waals surface area contributed by atoms with Crippen molar-refractivity contribution in [2.75, 3.05) is 19.8 Å². The van der Waals surface area contributed by atoms with Gasteiger partial charge in [-0.25, -0.2) is 0 Å². The van der Waals surface area contributed by atoms with Crippen LogP contribution in [0.3, 0.4) is 0 Å². The number of rotatable bonds is 6. The van der Waals surface area contributed by atoms with E-state index in [2.05, 4.69) is 25.7 Å². The maximum atomic E-state index is 10.6. The fraction of sp³-hybridized carbons (Fsp3) is 1.00. The van der Waals surface area contributed by atoms with Crippen molar-refractivity contribution in [3.05, 3.63) is 0 Å². The quantitative estimate of drug-likeness (QED) is 0.737. The van der Waals surface area contributed by atoms with Gasteiger partial charge in [0.1, 0.15) is 6.23 Å². The molecule has 104 valence electrons. The maximum absolute atomic E-state index is 10.6. The minimum atomic E-state index is -0.261. The Morgan fingerprint density at radius 3 is 2.61 bits per heavy atom. The van der Waals surface area contributed by atoms with Gasteiger partial charge in [-0.05, 0) is 37.0 Å². The van der Waals surface area contributed by atoms with E-state index in [1.807, 2.05) is 0 Å². The predicted octanol–water partition coefficient (Wildman–Crippen LogP) is 2.24. The monoisotopic (exact) mass is 253 g/mol. The van der Waals surface area contributed by atoms with E-state index in [9.17, 15) is 5.11 Å². The number of aliphatic hydroxyl groups excluding tert-OH is 1. The van der Waals surface area contributed by atoms with Gasteiger partial charge < -0.3 is 9.84 Å². The lowest BCUT2D eigenvalue weighted by Crippen LogP contribution is -2.40. The van der Waals surface area contributed by atoms with E-state index in [0.717, 1.165) is 32.6 Å². The molecule has 0 radical (unpaired) electrons. The van der Waals surface area contributed by atoms with Crippen LogP contribution in [0.2, 0.25) is 0 Å². The fourth-order valence-corrected chi connectivity index (χ4v) is 4.22. The summed E-state index contributed by atoms with van der Waals surface area (Å²) in [6.45, 7) is 9.67. The van der Waals surface area contributed by atoms with Crippen LogP contribution in [0.4, 0.5) is 0 Å². The lowest BCUT2D eigenvalue weighted by molar-refractivity contribution is -0.0337. The number of nitrogens with zero attached hydrogens (tertiary/aromatic N) is 1. The minimum absolute atomic E-state index is 0.257. The van der Waals surface area contributed by atoms with Crippen LogP contribution < -0.4 is 0 Å². The Hall–Kier alpha value is -0.120. The van der Waals surface area contributed by atoms with Gasteiger partial charge in [-0.2, -0.15) is 0 Å². The first-order chi connectivity index (χ1) is 8.53. The van der Waals surface area contributed by atoms with Crippen LogP contribution >= 0.6 is 0 Å². The smallest absolute Gasteiger partial charge is 0.108 e. The summed E-state index contributed by atoms with van der Waals surface area (Å²) in [4.78, 5) is 2.33. The van der Waals surface area contributed by atoms with E-state index < -0.39 is 0 Å². The highest BCUT2D eigenvalue weighted by atomic mass is 16.5. The Balaban J connectivity index is 1.65. The molecule has 3 atom stereocenters. The Morgan fingerprint density at radius 2 is 2.11 bits per heavy atom. The molecule has 0 amide bonds. The first kappa shape index (κ1) is 12.9. The van der Waals surface area contributed by atoms with E-state index in [0.29, 0.717) is 17.4 Å². The highest BCUT2D eigenvalue weighted by molar-refractivity contribution is 5.20. The Morgan fingerprint density at radius 1 is 1.39 bits per heavy atom. The van der Waals surface area contributed by atoms with Crippen LogP contribution in [-0.2, 0) is 4.74 Å². The predicted molar refractivity (Wildman–Crippen MR) is 71.2 cm³/mol. The molecule has 1 N–H and O–H groups in total. The summed E-state index contributed by atoms with van der Waals surface area (Å²) in [7, 11) is 0. The van der Waals surface area contributed by atoms with Crippen molar-refractivity contribution in [1.29, 1.82) is 0 Å². The summed E-state index contributed by atoms with van der Waals surface area (Å²) in [5, 5.41) is 10.6. The van der Waals surface area contributed by atoms with Gasteiger partial charge in [0.05, 0.1) is 13.2 Å².